The third kappa shape index (κ3) is 5.94. The third-order valence-electron chi connectivity index (χ3n) is 8.04. The number of nitrogens with one attached hydrogen (secondary N) is 1. The van der Waals surface area contributed by atoms with E-state index in [9.17, 15) is 19.5 Å². The van der Waals surface area contributed by atoms with Gasteiger partial charge in [-0.1, -0.05) is 6.07 Å². The molecule has 2 aromatic rings. The normalized spacial score (nSPS) is 24.0. The number of piperidine rings is 1. The minimum absolute atomic E-state index is 0. The molecule has 6 N–H and O–H groups in total. The van der Waals surface area contributed by atoms with Gasteiger partial charge in [0.05, 0.1) is 12.3 Å². The summed E-state index contributed by atoms with van der Waals surface area (Å²) >= 11 is 0. The van der Waals surface area contributed by atoms with Crippen molar-refractivity contribution in [3.8, 4) is 5.69 Å². The number of rotatable bonds is 6. The van der Waals surface area contributed by atoms with Crippen LogP contribution < -0.4 is 22.5 Å². The predicted molar refractivity (Wildman–Crippen MR) is 149 cm³/mol. The van der Waals surface area contributed by atoms with Crippen LogP contribution in [0.1, 0.15) is 18.1 Å². The van der Waals surface area contributed by atoms with Crippen molar-refractivity contribution in [2.45, 2.75) is 32.0 Å². The van der Waals surface area contributed by atoms with Crippen molar-refractivity contribution in [1.29, 1.82) is 0 Å². The molecule has 39 heavy (non-hydrogen) atoms. The number of benzene rings is 1. The molecule has 5 rings (SSSR count). The van der Waals surface area contributed by atoms with E-state index in [1.807, 2.05) is 19.1 Å². The van der Waals surface area contributed by atoms with Crippen molar-refractivity contribution in [3.63, 3.8) is 0 Å². The highest BCUT2D eigenvalue weighted by Crippen LogP contribution is 2.44. The van der Waals surface area contributed by atoms with Crippen LogP contribution in [0.5, 0.6) is 0 Å². The lowest BCUT2D eigenvalue weighted by atomic mass is 10.0. The number of aromatic nitrogens is 2. The maximum absolute atomic E-state index is 12.8. The first kappa shape index (κ1) is 29.0. The second-order valence-electron chi connectivity index (χ2n) is 11.0. The fourth-order valence-corrected chi connectivity index (χ4v) is 5.44. The molecule has 0 bridgehead atoms. The van der Waals surface area contributed by atoms with Gasteiger partial charge in [0.2, 0.25) is 5.91 Å². The summed E-state index contributed by atoms with van der Waals surface area (Å²) in [7, 11) is 0. The molecule has 1 aromatic carbocycles. The standard InChI is InChI=1S/C26H36N8O4.ClH/c1-16-11-18(4-3-17(16)12-31-13-19-20(14-31)22(19)27)34-6-5-21(30-25(34)38)29-24(37)33-9-7-32(8-10-33)23(36)26(2,28)15-35;/h3-6,11,19-20,22,35H,7-10,12-15,27-28H2,1-2H3,(H,29,30,37,38);1H/t19?,20?,22?,26-;/m0./s1. The average Bonchev–Trinajstić information content (AvgIpc) is 3.29. The topological polar surface area (TPSA) is 163 Å². The molecule has 2 saturated heterocycles. The van der Waals surface area contributed by atoms with Crippen LogP contribution in [0.4, 0.5) is 10.6 Å². The fourth-order valence-electron chi connectivity index (χ4n) is 5.44. The Kier molecular flexibility index (Phi) is 8.33. The van der Waals surface area contributed by atoms with Gasteiger partial charge in [-0.3, -0.25) is 19.6 Å². The third-order valence-corrected chi connectivity index (χ3v) is 8.04. The van der Waals surface area contributed by atoms with E-state index in [-0.39, 0.29) is 24.1 Å². The van der Waals surface area contributed by atoms with E-state index in [1.165, 1.54) is 22.0 Å². The van der Waals surface area contributed by atoms with E-state index in [2.05, 4.69) is 21.3 Å². The fraction of sp³-hybridized carbons (Fsp3) is 0.538. The number of fused-ring (bicyclic) bond motifs is 1. The number of likely N-dealkylation sites (tertiary alicyclic amines) is 1. The number of aryl methyl sites for hydroxylation is 1. The van der Waals surface area contributed by atoms with E-state index in [0.717, 1.165) is 25.2 Å². The first-order valence-corrected chi connectivity index (χ1v) is 13.0. The molecule has 3 heterocycles. The van der Waals surface area contributed by atoms with Crippen molar-refractivity contribution in [3.05, 3.63) is 52.1 Å². The molecule has 0 spiro atoms. The van der Waals surface area contributed by atoms with E-state index in [1.54, 1.807) is 17.2 Å². The Labute approximate surface area is 233 Å². The van der Waals surface area contributed by atoms with Gasteiger partial charge in [-0.05, 0) is 55.0 Å². The molecular formula is C26H37ClN8O4. The first-order valence-electron chi connectivity index (χ1n) is 13.0. The number of nitrogens with zero attached hydrogens (tertiary/aromatic N) is 5. The highest BCUT2D eigenvalue weighted by Gasteiger charge is 2.53. The highest BCUT2D eigenvalue weighted by molar-refractivity contribution is 5.89. The summed E-state index contributed by atoms with van der Waals surface area (Å²) in [5, 5.41) is 12.0. The molecule has 0 radical (unpaired) electrons. The number of halogens is 1. The molecule has 13 heteroatoms. The minimum Gasteiger partial charge on any atom is -0.394 e. The van der Waals surface area contributed by atoms with Gasteiger partial charge in [0.25, 0.3) is 0 Å². The second kappa shape index (κ2) is 11.2. The Balaban J connectivity index is 0.00000353. The number of urea groups is 1. The summed E-state index contributed by atoms with van der Waals surface area (Å²) in [6.45, 7) is 7.24. The summed E-state index contributed by atoms with van der Waals surface area (Å²) in [5.74, 6) is 1.09. The number of carbonyl (C=O) groups is 2. The van der Waals surface area contributed by atoms with Gasteiger partial charge in [-0.2, -0.15) is 4.98 Å². The lowest BCUT2D eigenvalue weighted by Crippen LogP contribution is -2.60. The Hall–Kier alpha value is -3.03. The summed E-state index contributed by atoms with van der Waals surface area (Å²) in [5.41, 5.74) is 13.1. The molecule has 3 fully saturated rings. The van der Waals surface area contributed by atoms with Crippen molar-refractivity contribution in [2.24, 2.45) is 23.3 Å². The summed E-state index contributed by atoms with van der Waals surface area (Å²) in [4.78, 5) is 47.5. The zero-order chi connectivity index (χ0) is 27.2. The number of nitrogens with two attached hydrogens (primary N) is 2. The lowest BCUT2D eigenvalue weighted by molar-refractivity contribution is -0.139. The number of carbonyl (C=O) groups excluding carboxylic acids is 2. The molecule has 3 amide bonds. The molecule has 1 saturated carbocycles. The van der Waals surface area contributed by atoms with Crippen LogP contribution in [0.2, 0.25) is 0 Å². The van der Waals surface area contributed by atoms with Gasteiger partial charge in [-0.15, -0.1) is 12.4 Å². The van der Waals surface area contributed by atoms with Crippen LogP contribution in [0.25, 0.3) is 5.69 Å². The molecule has 3 atom stereocenters. The molecule has 2 unspecified atom stereocenters. The maximum atomic E-state index is 12.8. The highest BCUT2D eigenvalue weighted by atomic mass is 35.5. The number of aliphatic hydroxyl groups excluding tert-OH is 1. The van der Waals surface area contributed by atoms with Gasteiger partial charge in [-0.25, -0.2) is 9.59 Å². The maximum Gasteiger partial charge on any atom is 0.354 e. The summed E-state index contributed by atoms with van der Waals surface area (Å²) in [6.07, 6.45) is 1.60. The number of hydrogen-bond acceptors (Lipinski definition) is 8. The van der Waals surface area contributed by atoms with Crippen molar-refractivity contribution < 1.29 is 14.7 Å². The molecule has 1 aliphatic carbocycles. The van der Waals surface area contributed by atoms with Gasteiger partial charge in [0, 0.05) is 58.1 Å². The Morgan fingerprint density at radius 2 is 1.77 bits per heavy atom. The van der Waals surface area contributed by atoms with E-state index in [4.69, 9.17) is 11.5 Å². The molecule has 212 valence electrons. The molecule has 1 aromatic heterocycles. The van der Waals surface area contributed by atoms with E-state index >= 15 is 0 Å². The zero-order valence-electron chi connectivity index (χ0n) is 22.2. The molecule has 3 aliphatic rings. The zero-order valence-corrected chi connectivity index (χ0v) is 23.1. The Morgan fingerprint density at radius 3 is 2.36 bits per heavy atom. The number of aliphatic hydroxyl groups is 1. The van der Waals surface area contributed by atoms with Gasteiger partial charge < -0.3 is 26.4 Å². The van der Waals surface area contributed by atoms with Crippen LogP contribution in [-0.4, -0.2) is 98.8 Å². The van der Waals surface area contributed by atoms with Crippen molar-refractivity contribution >= 4 is 30.2 Å². The Morgan fingerprint density at radius 1 is 1.13 bits per heavy atom. The first-order chi connectivity index (χ1) is 18.1. The second-order valence-corrected chi connectivity index (χ2v) is 11.0. The average molecular weight is 561 g/mol. The lowest BCUT2D eigenvalue weighted by Gasteiger charge is -2.37. The number of anilines is 1. The largest absolute Gasteiger partial charge is 0.394 e. The smallest absolute Gasteiger partial charge is 0.354 e. The van der Waals surface area contributed by atoms with Crippen LogP contribution in [0.3, 0.4) is 0 Å². The van der Waals surface area contributed by atoms with Gasteiger partial charge in [0.15, 0.2) is 0 Å². The Bertz CT molecular complexity index is 1280. The number of piperazine rings is 1. The van der Waals surface area contributed by atoms with Crippen molar-refractivity contribution in [2.75, 3.05) is 51.2 Å². The molecular weight excluding hydrogens is 524 g/mol. The predicted octanol–water partition coefficient (Wildman–Crippen LogP) is -0.263. The van der Waals surface area contributed by atoms with Crippen LogP contribution in [-0.2, 0) is 11.3 Å². The number of hydrogen-bond donors (Lipinski definition) is 4. The van der Waals surface area contributed by atoms with Crippen molar-refractivity contribution in [1.82, 2.24) is 24.3 Å². The van der Waals surface area contributed by atoms with Gasteiger partial charge >= 0.3 is 11.7 Å². The van der Waals surface area contributed by atoms with E-state index < -0.39 is 23.9 Å². The summed E-state index contributed by atoms with van der Waals surface area (Å²) in [6, 6.07) is 7.50. The minimum atomic E-state index is -1.35. The van der Waals surface area contributed by atoms with Crippen LogP contribution >= 0.6 is 12.4 Å². The van der Waals surface area contributed by atoms with Crippen LogP contribution in [0, 0.1) is 18.8 Å². The monoisotopic (exact) mass is 560 g/mol. The molecule has 12 nitrogen and oxygen atoms in total. The quantitative estimate of drug-likeness (QED) is 0.375. The van der Waals surface area contributed by atoms with E-state index in [0.29, 0.717) is 49.7 Å². The van der Waals surface area contributed by atoms with Gasteiger partial charge in [0.1, 0.15) is 11.4 Å². The summed E-state index contributed by atoms with van der Waals surface area (Å²) < 4.78 is 1.45. The SMILES string of the molecule is Cc1cc(-n2ccc(NC(=O)N3CCN(C(=O)[C@@](C)(N)CO)CC3)nc2=O)ccc1CN1CC2C(N)C2C1.Cl. The van der Waals surface area contributed by atoms with Crippen LogP contribution in [0.15, 0.2) is 35.3 Å². The molecule has 2 aliphatic heterocycles. The number of amides is 3.